The molecule has 0 amide bonds. The van der Waals surface area contributed by atoms with E-state index in [0.29, 0.717) is 16.9 Å². The third kappa shape index (κ3) is 2.91. The van der Waals surface area contributed by atoms with Gasteiger partial charge in [-0.3, -0.25) is 4.79 Å². The normalized spacial score (nSPS) is 10.6. The Labute approximate surface area is 127 Å². The molecule has 1 aromatic heterocycles. The lowest BCUT2D eigenvalue weighted by molar-refractivity contribution is 0.112. The van der Waals surface area contributed by atoms with Gasteiger partial charge in [0.1, 0.15) is 24.2 Å². The van der Waals surface area contributed by atoms with Crippen LogP contribution in [0.25, 0.3) is 11.0 Å². The quantitative estimate of drug-likeness (QED) is 0.546. The molecule has 0 aliphatic rings. The number of benzene rings is 2. The van der Waals surface area contributed by atoms with Crippen molar-refractivity contribution in [2.75, 3.05) is 0 Å². The van der Waals surface area contributed by atoms with Crippen molar-refractivity contribution in [2.24, 2.45) is 0 Å². The van der Waals surface area contributed by atoms with E-state index in [-0.39, 0.29) is 6.61 Å². The summed E-state index contributed by atoms with van der Waals surface area (Å²) in [6.07, 6.45) is 0.767. The predicted molar refractivity (Wildman–Crippen MR) is 83.4 cm³/mol. The molecule has 0 fully saturated rings. The maximum Gasteiger partial charge on any atom is 0.336 e. The molecular formula is C18H14O4. The second-order valence-electron chi connectivity index (χ2n) is 5.07. The zero-order valence-corrected chi connectivity index (χ0v) is 12.0. The molecule has 1 heterocycles. The highest BCUT2D eigenvalue weighted by Crippen LogP contribution is 2.21. The van der Waals surface area contributed by atoms with Crippen LogP contribution in [0, 0.1) is 6.92 Å². The molecular weight excluding hydrogens is 280 g/mol. The van der Waals surface area contributed by atoms with Gasteiger partial charge in [0.15, 0.2) is 0 Å². The van der Waals surface area contributed by atoms with Gasteiger partial charge in [0, 0.05) is 22.6 Å². The molecule has 110 valence electrons. The Morgan fingerprint density at radius 2 is 2.00 bits per heavy atom. The SMILES string of the molecule is Cc1ccc2oc(=O)cc(COc3cccc(C=O)c3)c2c1. The highest BCUT2D eigenvalue weighted by atomic mass is 16.5. The van der Waals surface area contributed by atoms with E-state index in [1.165, 1.54) is 6.07 Å². The van der Waals surface area contributed by atoms with Gasteiger partial charge in [-0.05, 0) is 31.2 Å². The van der Waals surface area contributed by atoms with Crippen molar-refractivity contribution in [1.82, 2.24) is 0 Å². The highest BCUT2D eigenvalue weighted by Gasteiger charge is 2.07. The standard InChI is InChI=1S/C18H14O4/c1-12-5-6-17-16(7-12)14(9-18(20)22-17)11-21-15-4-2-3-13(8-15)10-19/h2-10H,11H2,1H3. The molecule has 3 aromatic rings. The maximum atomic E-state index is 11.6. The Kier molecular flexibility index (Phi) is 3.74. The Balaban J connectivity index is 1.94. The zero-order chi connectivity index (χ0) is 15.5. The Morgan fingerprint density at radius 1 is 1.14 bits per heavy atom. The van der Waals surface area contributed by atoms with E-state index < -0.39 is 5.63 Å². The summed E-state index contributed by atoms with van der Waals surface area (Å²) in [6, 6.07) is 13.9. The minimum absolute atomic E-state index is 0.230. The summed E-state index contributed by atoms with van der Waals surface area (Å²) >= 11 is 0. The van der Waals surface area contributed by atoms with Gasteiger partial charge in [-0.1, -0.05) is 23.8 Å². The topological polar surface area (TPSA) is 56.5 Å². The molecule has 2 aromatic carbocycles. The summed E-state index contributed by atoms with van der Waals surface area (Å²) in [5, 5.41) is 0.853. The van der Waals surface area contributed by atoms with Crippen LogP contribution in [-0.4, -0.2) is 6.29 Å². The number of aldehydes is 1. The largest absolute Gasteiger partial charge is 0.489 e. The van der Waals surface area contributed by atoms with Crippen LogP contribution in [0.3, 0.4) is 0 Å². The van der Waals surface area contributed by atoms with Gasteiger partial charge in [0.25, 0.3) is 0 Å². The minimum atomic E-state index is -0.406. The highest BCUT2D eigenvalue weighted by molar-refractivity contribution is 5.80. The van der Waals surface area contributed by atoms with E-state index in [1.807, 2.05) is 19.1 Å². The summed E-state index contributed by atoms with van der Waals surface area (Å²) in [4.78, 5) is 22.4. The molecule has 22 heavy (non-hydrogen) atoms. The fourth-order valence-electron chi connectivity index (χ4n) is 2.30. The summed E-state index contributed by atoms with van der Waals surface area (Å²) in [6.45, 7) is 2.20. The van der Waals surface area contributed by atoms with Gasteiger partial charge in [-0.25, -0.2) is 4.79 Å². The number of fused-ring (bicyclic) bond motifs is 1. The van der Waals surface area contributed by atoms with Crippen LogP contribution >= 0.6 is 0 Å². The lowest BCUT2D eigenvalue weighted by Gasteiger charge is -2.09. The van der Waals surface area contributed by atoms with Crippen LogP contribution in [-0.2, 0) is 6.61 Å². The Bertz CT molecular complexity index is 893. The van der Waals surface area contributed by atoms with Crippen molar-refractivity contribution < 1.29 is 13.9 Å². The van der Waals surface area contributed by atoms with E-state index in [9.17, 15) is 9.59 Å². The fraction of sp³-hybridized carbons (Fsp3) is 0.111. The number of hydrogen-bond acceptors (Lipinski definition) is 4. The van der Waals surface area contributed by atoms with Gasteiger partial charge in [-0.15, -0.1) is 0 Å². The van der Waals surface area contributed by atoms with Gasteiger partial charge in [0.05, 0.1) is 0 Å². The summed E-state index contributed by atoms with van der Waals surface area (Å²) in [5.41, 5.74) is 2.51. The van der Waals surface area contributed by atoms with Crippen molar-refractivity contribution in [2.45, 2.75) is 13.5 Å². The molecule has 0 atom stereocenters. The van der Waals surface area contributed by atoms with Crippen molar-refractivity contribution >= 4 is 17.3 Å². The monoisotopic (exact) mass is 294 g/mol. The van der Waals surface area contributed by atoms with Crippen LogP contribution in [0.4, 0.5) is 0 Å². The Morgan fingerprint density at radius 3 is 2.82 bits per heavy atom. The van der Waals surface area contributed by atoms with Crippen LogP contribution in [0.15, 0.2) is 57.7 Å². The molecule has 0 spiro atoms. The fourth-order valence-corrected chi connectivity index (χ4v) is 2.30. The van der Waals surface area contributed by atoms with E-state index in [0.717, 1.165) is 22.8 Å². The van der Waals surface area contributed by atoms with Crippen molar-refractivity contribution in [1.29, 1.82) is 0 Å². The molecule has 0 N–H and O–H groups in total. The van der Waals surface area contributed by atoms with Crippen molar-refractivity contribution in [3.05, 3.63) is 75.6 Å². The third-order valence-corrected chi connectivity index (χ3v) is 3.37. The second-order valence-corrected chi connectivity index (χ2v) is 5.07. The molecule has 0 aliphatic heterocycles. The number of rotatable bonds is 4. The molecule has 4 heteroatoms. The lowest BCUT2D eigenvalue weighted by Crippen LogP contribution is -2.04. The number of hydrogen-bond donors (Lipinski definition) is 0. The number of carbonyl (C=O) groups is 1. The molecule has 0 saturated heterocycles. The van der Waals surface area contributed by atoms with Gasteiger partial charge < -0.3 is 9.15 Å². The molecule has 0 bridgehead atoms. The summed E-state index contributed by atoms with van der Waals surface area (Å²) in [7, 11) is 0. The molecule has 0 radical (unpaired) electrons. The van der Waals surface area contributed by atoms with Crippen LogP contribution < -0.4 is 10.4 Å². The lowest BCUT2D eigenvalue weighted by atomic mass is 10.1. The first-order valence-corrected chi connectivity index (χ1v) is 6.87. The minimum Gasteiger partial charge on any atom is -0.489 e. The van der Waals surface area contributed by atoms with E-state index >= 15 is 0 Å². The zero-order valence-electron chi connectivity index (χ0n) is 12.0. The first-order valence-electron chi connectivity index (χ1n) is 6.87. The first-order chi connectivity index (χ1) is 10.7. The van der Waals surface area contributed by atoms with Crippen molar-refractivity contribution in [3.8, 4) is 5.75 Å². The first kappa shape index (κ1) is 14.1. The average Bonchev–Trinajstić information content (AvgIpc) is 2.53. The smallest absolute Gasteiger partial charge is 0.336 e. The van der Waals surface area contributed by atoms with Gasteiger partial charge in [-0.2, -0.15) is 0 Å². The van der Waals surface area contributed by atoms with E-state index in [1.54, 1.807) is 30.3 Å². The summed E-state index contributed by atoms with van der Waals surface area (Å²) in [5.74, 6) is 0.582. The van der Waals surface area contributed by atoms with Gasteiger partial charge >= 0.3 is 5.63 Å². The molecule has 0 unspecified atom stereocenters. The number of aryl methyl sites for hydroxylation is 1. The van der Waals surface area contributed by atoms with Gasteiger partial charge in [0.2, 0.25) is 0 Å². The van der Waals surface area contributed by atoms with Crippen LogP contribution in [0.5, 0.6) is 5.75 Å². The average molecular weight is 294 g/mol. The number of carbonyl (C=O) groups excluding carboxylic acids is 1. The third-order valence-electron chi connectivity index (χ3n) is 3.37. The Hall–Kier alpha value is -2.88. The van der Waals surface area contributed by atoms with Crippen molar-refractivity contribution in [3.63, 3.8) is 0 Å². The molecule has 0 saturated carbocycles. The maximum absolute atomic E-state index is 11.6. The van der Waals surface area contributed by atoms with E-state index in [2.05, 4.69) is 0 Å². The molecule has 3 rings (SSSR count). The summed E-state index contributed by atoms with van der Waals surface area (Å²) < 4.78 is 10.9. The number of ether oxygens (including phenoxy) is 1. The predicted octanol–water partition coefficient (Wildman–Crippen LogP) is 3.49. The molecule has 4 nitrogen and oxygen atoms in total. The second kappa shape index (κ2) is 5.85. The van der Waals surface area contributed by atoms with E-state index in [4.69, 9.17) is 9.15 Å². The van der Waals surface area contributed by atoms with Crippen LogP contribution in [0.2, 0.25) is 0 Å². The van der Waals surface area contributed by atoms with Crippen LogP contribution in [0.1, 0.15) is 21.5 Å². The molecule has 0 aliphatic carbocycles.